The molecule has 2 heterocycles. The van der Waals surface area contributed by atoms with Gasteiger partial charge in [-0.25, -0.2) is 0 Å². The van der Waals surface area contributed by atoms with Crippen LogP contribution in [0, 0.1) is 0 Å². The van der Waals surface area contributed by atoms with Gasteiger partial charge in [0.25, 0.3) is 0 Å². The first-order valence-corrected chi connectivity index (χ1v) is 8.08. The van der Waals surface area contributed by atoms with Gasteiger partial charge in [-0.2, -0.15) is 4.98 Å². The summed E-state index contributed by atoms with van der Waals surface area (Å²) in [5, 5.41) is 8.09. The molecule has 0 saturated carbocycles. The molecule has 1 aromatic heterocycles. The number of thioether (sulfide) groups is 1. The molecule has 1 saturated heterocycles. The molecular weight excluding hydrogens is 310 g/mol. The number of nitrogens with one attached hydrogen (secondary N) is 1. The van der Waals surface area contributed by atoms with E-state index in [1.165, 1.54) is 0 Å². The van der Waals surface area contributed by atoms with Gasteiger partial charge in [0, 0.05) is 23.6 Å². The highest BCUT2D eigenvalue weighted by molar-refractivity contribution is 7.98. The quantitative estimate of drug-likeness (QED) is 0.853. The second-order valence-corrected chi connectivity index (χ2v) is 6.33. The Bertz CT molecular complexity index is 590. The molecule has 1 aliphatic rings. The van der Waals surface area contributed by atoms with Crippen LogP contribution in [0.5, 0.6) is 0 Å². The second-order valence-electron chi connectivity index (χ2n) is 4.85. The minimum Gasteiger partial charge on any atom is -0.380 e. The zero-order valence-electron chi connectivity index (χ0n) is 11.6. The van der Waals surface area contributed by atoms with Crippen LogP contribution < -0.4 is 5.32 Å². The van der Waals surface area contributed by atoms with Crippen LogP contribution in [-0.4, -0.2) is 29.9 Å². The first-order chi connectivity index (χ1) is 10.2. The van der Waals surface area contributed by atoms with Gasteiger partial charge in [-0.15, -0.1) is 11.8 Å². The summed E-state index contributed by atoms with van der Waals surface area (Å²) < 4.78 is 10.7. The van der Waals surface area contributed by atoms with Crippen molar-refractivity contribution in [1.82, 2.24) is 15.5 Å². The van der Waals surface area contributed by atoms with Gasteiger partial charge in [-0.3, -0.25) is 0 Å². The minimum atomic E-state index is 0.0942. The van der Waals surface area contributed by atoms with Crippen LogP contribution in [0.4, 0.5) is 0 Å². The molecule has 21 heavy (non-hydrogen) atoms. The van der Waals surface area contributed by atoms with E-state index in [0.29, 0.717) is 17.5 Å². The number of methoxy groups -OCH3 is 1. The summed E-state index contributed by atoms with van der Waals surface area (Å²) in [5.41, 5.74) is 0. The standard InChI is InChI=1S/C14H16ClN3O2S/c1-19-10-6-12(16-7-10)14-17-13(18-20-14)8-21-11-4-2-9(15)3-5-11/h2-5,10,12,16H,6-8H2,1H3/t10-,12+/m0/s1. The SMILES string of the molecule is CO[C@@H]1CN[C@@H](c2nc(CSc3ccc(Cl)cc3)no2)C1. The number of rotatable bonds is 5. The maximum absolute atomic E-state index is 5.86. The molecule has 0 radical (unpaired) electrons. The summed E-state index contributed by atoms with van der Waals surface area (Å²) in [5.74, 6) is 2.01. The Hall–Kier alpha value is -1.08. The van der Waals surface area contributed by atoms with Gasteiger partial charge < -0.3 is 14.6 Å². The predicted octanol–water partition coefficient (Wildman–Crippen LogP) is 3.06. The van der Waals surface area contributed by atoms with Crippen LogP contribution in [0.2, 0.25) is 5.02 Å². The van der Waals surface area contributed by atoms with Crippen molar-refractivity contribution in [3.63, 3.8) is 0 Å². The Balaban J connectivity index is 1.57. The molecule has 1 N–H and O–H groups in total. The Labute approximate surface area is 132 Å². The van der Waals surface area contributed by atoms with Crippen molar-refractivity contribution in [1.29, 1.82) is 0 Å². The summed E-state index contributed by atoms with van der Waals surface area (Å²) >= 11 is 7.52. The third-order valence-corrected chi connectivity index (χ3v) is 4.65. The normalized spacial score (nSPS) is 21.8. The predicted molar refractivity (Wildman–Crippen MR) is 81.5 cm³/mol. The average Bonchev–Trinajstić information content (AvgIpc) is 3.15. The van der Waals surface area contributed by atoms with Crippen LogP contribution in [0.15, 0.2) is 33.7 Å². The first kappa shape index (κ1) is 14.8. The summed E-state index contributed by atoms with van der Waals surface area (Å²) in [6, 6.07) is 7.81. The van der Waals surface area contributed by atoms with Gasteiger partial charge in [0.1, 0.15) is 0 Å². The average molecular weight is 326 g/mol. The van der Waals surface area contributed by atoms with E-state index in [0.717, 1.165) is 22.9 Å². The molecule has 0 spiro atoms. The fraction of sp³-hybridized carbons (Fsp3) is 0.429. The molecule has 1 aliphatic heterocycles. The van der Waals surface area contributed by atoms with Gasteiger partial charge in [0.05, 0.1) is 17.9 Å². The van der Waals surface area contributed by atoms with Crippen molar-refractivity contribution >= 4 is 23.4 Å². The zero-order chi connectivity index (χ0) is 14.7. The number of hydrogen-bond donors (Lipinski definition) is 1. The van der Waals surface area contributed by atoms with E-state index in [-0.39, 0.29) is 12.1 Å². The van der Waals surface area contributed by atoms with Crippen LogP contribution >= 0.6 is 23.4 Å². The number of aromatic nitrogens is 2. The summed E-state index contributed by atoms with van der Waals surface area (Å²) in [6.07, 6.45) is 1.08. The number of halogens is 1. The van der Waals surface area contributed by atoms with Crippen molar-refractivity contribution in [3.8, 4) is 0 Å². The molecule has 7 heteroatoms. The molecule has 0 aliphatic carbocycles. The van der Waals surface area contributed by atoms with Crippen LogP contribution in [0.1, 0.15) is 24.2 Å². The van der Waals surface area contributed by atoms with Crippen molar-refractivity contribution in [2.75, 3.05) is 13.7 Å². The van der Waals surface area contributed by atoms with E-state index in [1.807, 2.05) is 24.3 Å². The lowest BCUT2D eigenvalue weighted by Gasteiger charge is -2.04. The fourth-order valence-electron chi connectivity index (χ4n) is 2.22. The topological polar surface area (TPSA) is 60.2 Å². The molecule has 2 aromatic rings. The lowest BCUT2D eigenvalue weighted by atomic mass is 10.2. The monoisotopic (exact) mass is 325 g/mol. The molecule has 1 fully saturated rings. The molecule has 0 unspecified atom stereocenters. The van der Waals surface area contributed by atoms with Gasteiger partial charge in [0.2, 0.25) is 5.89 Å². The van der Waals surface area contributed by atoms with Gasteiger partial charge in [0.15, 0.2) is 5.82 Å². The lowest BCUT2D eigenvalue weighted by molar-refractivity contribution is 0.116. The second kappa shape index (κ2) is 6.79. The van der Waals surface area contributed by atoms with E-state index < -0.39 is 0 Å². The molecule has 0 amide bonds. The molecule has 5 nitrogen and oxygen atoms in total. The molecule has 0 bridgehead atoms. The van der Waals surface area contributed by atoms with E-state index in [4.69, 9.17) is 20.9 Å². The third kappa shape index (κ3) is 3.77. The molecular formula is C14H16ClN3O2S. The smallest absolute Gasteiger partial charge is 0.243 e. The number of hydrogen-bond acceptors (Lipinski definition) is 6. The highest BCUT2D eigenvalue weighted by atomic mass is 35.5. The Morgan fingerprint density at radius 1 is 1.43 bits per heavy atom. The number of ether oxygens (including phenoxy) is 1. The van der Waals surface area contributed by atoms with Crippen LogP contribution in [0.25, 0.3) is 0 Å². The van der Waals surface area contributed by atoms with Crippen LogP contribution in [0.3, 0.4) is 0 Å². The molecule has 3 rings (SSSR count). The molecule has 2 atom stereocenters. The van der Waals surface area contributed by atoms with Crippen molar-refractivity contribution < 1.29 is 9.26 Å². The summed E-state index contributed by atoms with van der Waals surface area (Å²) in [6.45, 7) is 0.818. The van der Waals surface area contributed by atoms with Gasteiger partial charge in [-0.05, 0) is 30.7 Å². The van der Waals surface area contributed by atoms with E-state index >= 15 is 0 Å². The minimum absolute atomic E-state index is 0.0942. The fourth-order valence-corrected chi connectivity index (χ4v) is 3.08. The van der Waals surface area contributed by atoms with Crippen molar-refractivity contribution in [3.05, 3.63) is 41.0 Å². The number of benzene rings is 1. The Morgan fingerprint density at radius 3 is 2.95 bits per heavy atom. The van der Waals surface area contributed by atoms with Gasteiger partial charge >= 0.3 is 0 Å². The maximum atomic E-state index is 5.86. The van der Waals surface area contributed by atoms with Crippen LogP contribution in [-0.2, 0) is 10.5 Å². The van der Waals surface area contributed by atoms with Gasteiger partial charge in [-0.1, -0.05) is 16.8 Å². The zero-order valence-corrected chi connectivity index (χ0v) is 13.2. The number of nitrogens with zero attached hydrogens (tertiary/aromatic N) is 2. The maximum Gasteiger partial charge on any atom is 0.243 e. The van der Waals surface area contributed by atoms with Crippen molar-refractivity contribution in [2.45, 2.75) is 29.2 Å². The Kier molecular flexibility index (Phi) is 4.80. The van der Waals surface area contributed by atoms with Crippen molar-refractivity contribution in [2.24, 2.45) is 0 Å². The Morgan fingerprint density at radius 2 is 2.24 bits per heavy atom. The van der Waals surface area contributed by atoms with E-state index in [2.05, 4.69) is 15.5 Å². The first-order valence-electron chi connectivity index (χ1n) is 6.71. The third-order valence-electron chi connectivity index (χ3n) is 3.39. The molecule has 1 aromatic carbocycles. The lowest BCUT2D eigenvalue weighted by Crippen LogP contribution is -2.16. The highest BCUT2D eigenvalue weighted by Gasteiger charge is 2.29. The van der Waals surface area contributed by atoms with E-state index in [9.17, 15) is 0 Å². The highest BCUT2D eigenvalue weighted by Crippen LogP contribution is 2.26. The molecule has 112 valence electrons. The summed E-state index contributed by atoms with van der Waals surface area (Å²) in [4.78, 5) is 5.58. The largest absolute Gasteiger partial charge is 0.380 e. The summed E-state index contributed by atoms with van der Waals surface area (Å²) in [7, 11) is 1.72. The van der Waals surface area contributed by atoms with E-state index in [1.54, 1.807) is 18.9 Å².